The molecule has 0 aliphatic carbocycles. The lowest BCUT2D eigenvalue weighted by molar-refractivity contribution is -0.0379. The van der Waals surface area contributed by atoms with Gasteiger partial charge in [-0.05, 0) is 49.1 Å². The van der Waals surface area contributed by atoms with Crippen LogP contribution in [0.2, 0.25) is 0 Å². The van der Waals surface area contributed by atoms with Crippen LogP contribution in [0.25, 0.3) is 0 Å². The molecule has 3 aromatic rings. The molecule has 4 nitrogen and oxygen atoms in total. The molecule has 1 fully saturated rings. The minimum Gasteiger partial charge on any atom is -0.379 e. The molecule has 5 rings (SSSR count). The summed E-state index contributed by atoms with van der Waals surface area (Å²) < 4.78 is 5.65. The van der Waals surface area contributed by atoms with Crippen molar-refractivity contribution in [3.63, 3.8) is 0 Å². The summed E-state index contributed by atoms with van der Waals surface area (Å²) in [4.78, 5) is 11.4. The standard InChI is InChI=1S/C24H25N3O/c1-17-3-5-20(6-4-17)24(15-28-16-24)21-7-9-22(10-8-21)27-12-11-19-13-25-18(2)26-23(19)14-27/h3-10,13H,11-12,14-16H2,1-2H3. The highest BCUT2D eigenvalue weighted by Crippen LogP contribution is 2.40. The Morgan fingerprint density at radius 3 is 2.25 bits per heavy atom. The van der Waals surface area contributed by atoms with Crippen LogP contribution in [0.3, 0.4) is 0 Å². The van der Waals surface area contributed by atoms with E-state index in [1.165, 1.54) is 27.9 Å². The Balaban J connectivity index is 1.41. The summed E-state index contributed by atoms with van der Waals surface area (Å²) in [6.45, 7) is 7.45. The van der Waals surface area contributed by atoms with Crippen LogP contribution in [0.15, 0.2) is 54.7 Å². The predicted octanol–water partition coefficient (Wildman–Crippen LogP) is 3.97. The molecule has 0 saturated carbocycles. The topological polar surface area (TPSA) is 38.2 Å². The number of fused-ring (bicyclic) bond motifs is 1. The van der Waals surface area contributed by atoms with Gasteiger partial charge in [-0.15, -0.1) is 0 Å². The van der Waals surface area contributed by atoms with Gasteiger partial charge in [0.05, 0.1) is 30.9 Å². The molecule has 142 valence electrons. The van der Waals surface area contributed by atoms with Crippen molar-refractivity contribution < 1.29 is 4.74 Å². The van der Waals surface area contributed by atoms with Crippen LogP contribution in [0.5, 0.6) is 0 Å². The minimum atomic E-state index is -0.00886. The van der Waals surface area contributed by atoms with E-state index in [1.807, 2.05) is 13.1 Å². The van der Waals surface area contributed by atoms with Gasteiger partial charge in [0, 0.05) is 18.4 Å². The van der Waals surface area contributed by atoms with Crippen molar-refractivity contribution in [3.05, 3.63) is 88.5 Å². The molecule has 0 spiro atoms. The maximum atomic E-state index is 5.65. The maximum absolute atomic E-state index is 5.65. The van der Waals surface area contributed by atoms with E-state index in [2.05, 4.69) is 70.3 Å². The number of hydrogen-bond donors (Lipinski definition) is 0. The molecule has 2 aliphatic rings. The zero-order valence-corrected chi connectivity index (χ0v) is 16.5. The third kappa shape index (κ3) is 2.89. The van der Waals surface area contributed by atoms with Crippen molar-refractivity contribution >= 4 is 5.69 Å². The molecule has 2 aliphatic heterocycles. The lowest BCUT2D eigenvalue weighted by Gasteiger charge is -2.43. The number of nitrogens with zero attached hydrogens (tertiary/aromatic N) is 3. The van der Waals surface area contributed by atoms with E-state index in [0.717, 1.165) is 44.2 Å². The van der Waals surface area contributed by atoms with Gasteiger partial charge in [-0.25, -0.2) is 9.97 Å². The molecule has 1 saturated heterocycles. The summed E-state index contributed by atoms with van der Waals surface area (Å²) in [6, 6.07) is 17.9. The summed E-state index contributed by atoms with van der Waals surface area (Å²) in [5, 5.41) is 0. The Labute approximate surface area is 166 Å². The molecule has 0 atom stereocenters. The SMILES string of the molecule is Cc1ccc(C2(c3ccc(N4CCc5cnc(C)nc5C4)cc3)COC2)cc1. The summed E-state index contributed by atoms with van der Waals surface area (Å²) in [6.07, 6.45) is 2.98. The fourth-order valence-corrected chi connectivity index (χ4v) is 4.29. The van der Waals surface area contributed by atoms with Gasteiger partial charge in [-0.2, -0.15) is 0 Å². The van der Waals surface area contributed by atoms with Crippen molar-refractivity contribution in [2.24, 2.45) is 0 Å². The first kappa shape index (κ1) is 17.4. The fourth-order valence-electron chi connectivity index (χ4n) is 4.29. The molecule has 3 heterocycles. The third-order valence-corrected chi connectivity index (χ3v) is 6.15. The Kier molecular flexibility index (Phi) is 4.17. The minimum absolute atomic E-state index is 0.00886. The van der Waals surface area contributed by atoms with Crippen LogP contribution in [0, 0.1) is 13.8 Å². The maximum Gasteiger partial charge on any atom is 0.125 e. The second kappa shape index (κ2) is 6.71. The zero-order valence-electron chi connectivity index (χ0n) is 16.5. The number of aromatic nitrogens is 2. The van der Waals surface area contributed by atoms with E-state index in [0.29, 0.717) is 0 Å². The Morgan fingerprint density at radius 2 is 1.61 bits per heavy atom. The first-order valence-corrected chi connectivity index (χ1v) is 9.96. The lowest BCUT2D eigenvalue weighted by Crippen LogP contribution is -2.47. The average molecular weight is 371 g/mol. The predicted molar refractivity (Wildman–Crippen MR) is 111 cm³/mol. The number of aryl methyl sites for hydroxylation is 2. The van der Waals surface area contributed by atoms with Gasteiger partial charge >= 0.3 is 0 Å². The summed E-state index contributed by atoms with van der Waals surface area (Å²) in [5.74, 6) is 0.848. The molecule has 28 heavy (non-hydrogen) atoms. The van der Waals surface area contributed by atoms with Crippen molar-refractivity contribution in [2.45, 2.75) is 32.2 Å². The fraction of sp³-hybridized carbons (Fsp3) is 0.333. The molecule has 0 radical (unpaired) electrons. The number of hydrogen-bond acceptors (Lipinski definition) is 4. The highest BCUT2D eigenvalue weighted by molar-refractivity contribution is 5.53. The van der Waals surface area contributed by atoms with E-state index >= 15 is 0 Å². The van der Waals surface area contributed by atoms with Crippen LogP contribution >= 0.6 is 0 Å². The van der Waals surface area contributed by atoms with Gasteiger partial charge in [0.2, 0.25) is 0 Å². The summed E-state index contributed by atoms with van der Waals surface area (Å²) in [5.41, 5.74) is 7.65. The second-order valence-corrected chi connectivity index (χ2v) is 8.05. The van der Waals surface area contributed by atoms with E-state index in [1.54, 1.807) is 0 Å². The van der Waals surface area contributed by atoms with E-state index < -0.39 is 0 Å². The van der Waals surface area contributed by atoms with Crippen LogP contribution in [-0.2, 0) is 23.1 Å². The van der Waals surface area contributed by atoms with Crippen molar-refractivity contribution in [1.29, 1.82) is 0 Å². The quantitative estimate of drug-likeness (QED) is 0.698. The van der Waals surface area contributed by atoms with Gasteiger partial charge in [0.1, 0.15) is 5.82 Å². The van der Waals surface area contributed by atoms with Gasteiger partial charge < -0.3 is 9.64 Å². The first-order valence-electron chi connectivity index (χ1n) is 9.96. The highest BCUT2D eigenvalue weighted by atomic mass is 16.5. The smallest absolute Gasteiger partial charge is 0.125 e. The summed E-state index contributed by atoms with van der Waals surface area (Å²) in [7, 11) is 0. The van der Waals surface area contributed by atoms with Gasteiger partial charge in [0.25, 0.3) is 0 Å². The number of ether oxygens (including phenoxy) is 1. The molecule has 0 amide bonds. The molecule has 4 heteroatoms. The average Bonchev–Trinajstić information content (AvgIpc) is 2.68. The summed E-state index contributed by atoms with van der Waals surface area (Å²) >= 11 is 0. The van der Waals surface area contributed by atoms with Crippen molar-refractivity contribution in [2.75, 3.05) is 24.7 Å². The van der Waals surface area contributed by atoms with Crippen LogP contribution < -0.4 is 4.90 Å². The second-order valence-electron chi connectivity index (χ2n) is 8.05. The van der Waals surface area contributed by atoms with E-state index in [9.17, 15) is 0 Å². The van der Waals surface area contributed by atoms with Gasteiger partial charge in [0.15, 0.2) is 0 Å². The van der Waals surface area contributed by atoms with Gasteiger partial charge in [-0.1, -0.05) is 42.0 Å². The zero-order chi connectivity index (χ0) is 19.1. The number of rotatable bonds is 3. The number of anilines is 1. The molecular formula is C24H25N3O. The normalized spacial score (nSPS) is 17.7. The van der Waals surface area contributed by atoms with Gasteiger partial charge in [-0.3, -0.25) is 0 Å². The van der Waals surface area contributed by atoms with E-state index in [4.69, 9.17) is 4.74 Å². The molecule has 0 unspecified atom stereocenters. The largest absolute Gasteiger partial charge is 0.379 e. The van der Waals surface area contributed by atoms with Crippen LogP contribution in [0.4, 0.5) is 5.69 Å². The van der Waals surface area contributed by atoms with Crippen LogP contribution in [-0.4, -0.2) is 29.7 Å². The first-order chi connectivity index (χ1) is 13.6. The van der Waals surface area contributed by atoms with Crippen LogP contribution in [0.1, 0.15) is 33.8 Å². The molecule has 0 bridgehead atoms. The Bertz CT molecular complexity index is 991. The third-order valence-electron chi connectivity index (χ3n) is 6.15. The van der Waals surface area contributed by atoms with Crippen molar-refractivity contribution in [1.82, 2.24) is 9.97 Å². The van der Waals surface area contributed by atoms with Crippen molar-refractivity contribution in [3.8, 4) is 0 Å². The molecule has 0 N–H and O–H groups in total. The lowest BCUT2D eigenvalue weighted by atomic mass is 9.73. The monoisotopic (exact) mass is 371 g/mol. The number of benzene rings is 2. The van der Waals surface area contributed by atoms with E-state index in [-0.39, 0.29) is 5.41 Å². The molecular weight excluding hydrogens is 346 g/mol. The Morgan fingerprint density at radius 1 is 0.929 bits per heavy atom. The molecule has 1 aromatic heterocycles. The highest BCUT2D eigenvalue weighted by Gasteiger charge is 2.42. The molecule has 2 aromatic carbocycles. The Hall–Kier alpha value is -2.72.